The van der Waals surface area contributed by atoms with Crippen molar-refractivity contribution >= 4 is 20.7 Å². The molecule has 4 N–H and O–H groups in total. The van der Waals surface area contributed by atoms with Crippen molar-refractivity contribution in [1.29, 1.82) is 0 Å². The van der Waals surface area contributed by atoms with Crippen LogP contribution in [0.5, 0.6) is 0 Å². The second kappa shape index (κ2) is 4.81. The Bertz CT molecular complexity index is 659. The normalized spacial score (nSPS) is 18.2. The summed E-state index contributed by atoms with van der Waals surface area (Å²) in [7, 11) is -4.45. The second-order valence-electron chi connectivity index (χ2n) is 3.50. The van der Waals surface area contributed by atoms with Crippen LogP contribution in [0.4, 0.5) is 0 Å². The molecule has 0 radical (unpaired) electrons. The summed E-state index contributed by atoms with van der Waals surface area (Å²) >= 11 is 0. The first-order valence-corrected chi connectivity index (χ1v) is 6.07. The Morgan fingerprint density at radius 1 is 1.28 bits per heavy atom. The van der Waals surface area contributed by atoms with E-state index in [1.165, 1.54) is 12.1 Å². The maximum atomic E-state index is 11.2. The lowest BCUT2D eigenvalue weighted by Crippen LogP contribution is -2.20. The minimum atomic E-state index is -4.45. The van der Waals surface area contributed by atoms with Gasteiger partial charge in [-0.25, -0.2) is 0 Å². The monoisotopic (exact) mass is 270 g/mol. The van der Waals surface area contributed by atoms with Gasteiger partial charge in [0, 0.05) is 17.2 Å². The first-order valence-electron chi connectivity index (χ1n) is 4.63. The zero-order valence-electron chi connectivity index (χ0n) is 8.98. The van der Waals surface area contributed by atoms with E-state index in [0.29, 0.717) is 0 Å². The van der Waals surface area contributed by atoms with E-state index >= 15 is 0 Å². The number of fused-ring (bicyclic) bond motifs is 1. The van der Waals surface area contributed by atoms with Crippen LogP contribution in [-0.2, 0) is 10.1 Å². The third-order valence-electron chi connectivity index (χ3n) is 2.47. The molecule has 96 valence electrons. The molecule has 2 rings (SSSR count). The van der Waals surface area contributed by atoms with Gasteiger partial charge < -0.3 is 16.1 Å². The molecular formula is C10H10N2O5S. The van der Waals surface area contributed by atoms with Crippen molar-refractivity contribution in [3.05, 3.63) is 47.0 Å². The molecule has 1 unspecified atom stereocenters. The van der Waals surface area contributed by atoms with E-state index in [1.807, 2.05) is 0 Å². The van der Waals surface area contributed by atoms with Gasteiger partial charge in [-0.1, -0.05) is 24.3 Å². The molecule has 0 saturated heterocycles. The topological polar surface area (TPSA) is 142 Å². The van der Waals surface area contributed by atoms with Gasteiger partial charge in [0.1, 0.15) is 4.91 Å². The molecule has 1 aromatic rings. The van der Waals surface area contributed by atoms with Gasteiger partial charge in [0.05, 0.1) is 0 Å². The Balaban J connectivity index is 0.00000162. The van der Waals surface area contributed by atoms with Crippen LogP contribution in [0, 0.1) is 0 Å². The van der Waals surface area contributed by atoms with Crippen molar-refractivity contribution in [1.82, 2.24) is 0 Å². The Morgan fingerprint density at radius 2 is 1.89 bits per heavy atom. The summed E-state index contributed by atoms with van der Waals surface area (Å²) in [5.41, 5.74) is 8.89. The summed E-state index contributed by atoms with van der Waals surface area (Å²) < 4.78 is 31.4. The molecule has 0 heterocycles. The highest BCUT2D eigenvalue weighted by molar-refractivity contribution is 7.95. The van der Waals surface area contributed by atoms with Crippen molar-refractivity contribution in [2.24, 2.45) is 0 Å². The molecule has 7 nitrogen and oxygen atoms in total. The maximum Gasteiger partial charge on any atom is 0.326 e. The van der Waals surface area contributed by atoms with E-state index in [4.69, 9.17) is 10.1 Å². The molecule has 0 aliphatic heterocycles. The van der Waals surface area contributed by atoms with E-state index in [1.54, 1.807) is 12.1 Å². The summed E-state index contributed by atoms with van der Waals surface area (Å²) in [6.45, 7) is 0. The zero-order valence-corrected chi connectivity index (χ0v) is 9.79. The molecule has 0 amide bonds. The van der Waals surface area contributed by atoms with Crippen molar-refractivity contribution in [2.75, 3.05) is 0 Å². The Labute approximate surface area is 103 Å². The minimum Gasteiger partial charge on any atom is -0.412 e. The molecule has 18 heavy (non-hydrogen) atoms. The summed E-state index contributed by atoms with van der Waals surface area (Å²) in [5, 5.41) is 9.79. The number of nitrogens with zero attached hydrogens (tertiary/aromatic N) is 2. The van der Waals surface area contributed by atoms with Crippen LogP contribution in [0.3, 0.4) is 0 Å². The van der Waals surface area contributed by atoms with Gasteiger partial charge in [0.25, 0.3) is 10.1 Å². The molecule has 0 aromatic heterocycles. The molecule has 0 bridgehead atoms. The molecule has 1 aliphatic rings. The highest BCUT2D eigenvalue weighted by atomic mass is 32.2. The quantitative estimate of drug-likeness (QED) is 0.414. The van der Waals surface area contributed by atoms with Gasteiger partial charge in [0.15, 0.2) is 6.10 Å². The molecule has 1 atom stereocenters. The fraction of sp³-hybridized carbons (Fsp3) is 0.100. The van der Waals surface area contributed by atoms with Crippen LogP contribution in [0.25, 0.3) is 10.4 Å². The van der Waals surface area contributed by atoms with E-state index in [0.717, 1.165) is 6.08 Å². The molecule has 1 aliphatic carbocycles. The van der Waals surface area contributed by atoms with Crippen molar-refractivity contribution in [3.63, 3.8) is 0 Å². The minimum absolute atomic E-state index is 0. The summed E-state index contributed by atoms with van der Waals surface area (Å²) in [6.07, 6.45) is -0.288. The third kappa shape index (κ3) is 2.23. The highest BCUT2D eigenvalue weighted by Gasteiger charge is 2.34. The third-order valence-corrected chi connectivity index (χ3v) is 3.37. The number of hydrogen-bond donors (Lipinski definition) is 2. The van der Waals surface area contributed by atoms with E-state index in [-0.39, 0.29) is 22.3 Å². The average Bonchev–Trinajstić information content (AvgIpc) is 2.28. The first kappa shape index (κ1) is 14.2. The lowest BCUT2D eigenvalue weighted by Gasteiger charge is -2.17. The molecule has 1 aromatic carbocycles. The first-order chi connectivity index (χ1) is 7.95. The number of hydrogen-bond acceptors (Lipinski definition) is 3. The van der Waals surface area contributed by atoms with Gasteiger partial charge >= 0.3 is 5.71 Å². The largest absolute Gasteiger partial charge is 0.412 e. The Hall–Kier alpha value is -1.83. The van der Waals surface area contributed by atoms with E-state index in [2.05, 4.69) is 4.79 Å². The fourth-order valence-corrected chi connectivity index (χ4v) is 2.44. The summed E-state index contributed by atoms with van der Waals surface area (Å²) in [6, 6.07) is 6.12. The fourth-order valence-electron chi connectivity index (χ4n) is 1.71. The molecule has 0 spiro atoms. The molecule has 8 heteroatoms. The van der Waals surface area contributed by atoms with Crippen molar-refractivity contribution in [3.8, 4) is 0 Å². The number of benzene rings is 1. The predicted molar refractivity (Wildman–Crippen MR) is 63.2 cm³/mol. The van der Waals surface area contributed by atoms with Crippen molar-refractivity contribution in [2.45, 2.75) is 6.10 Å². The lowest BCUT2D eigenvalue weighted by molar-refractivity contribution is -0.0188. The maximum absolute atomic E-state index is 11.2. The highest BCUT2D eigenvalue weighted by Crippen LogP contribution is 2.33. The smallest absolute Gasteiger partial charge is 0.326 e. The number of aliphatic hydroxyl groups is 1. The van der Waals surface area contributed by atoms with Crippen LogP contribution in [-0.4, -0.2) is 34.1 Å². The Kier molecular flexibility index (Phi) is 3.80. The van der Waals surface area contributed by atoms with Crippen molar-refractivity contribution < 1.29 is 28.3 Å². The molecular weight excluding hydrogens is 260 g/mol. The van der Waals surface area contributed by atoms with Crippen LogP contribution < -0.4 is 0 Å². The van der Waals surface area contributed by atoms with E-state index in [9.17, 15) is 13.5 Å². The lowest BCUT2D eigenvalue weighted by atomic mass is 9.93. The molecule has 0 saturated carbocycles. The SMILES string of the molecule is O.[N-]=[N+]=C1C=C(S(=O)(=O)O)c2ccccc2C1O. The second-order valence-corrected chi connectivity index (χ2v) is 4.89. The standard InChI is InChI=1S/C10H8N2O4S.H2O/c11-12-8-5-9(17(14,15)16)6-3-1-2-4-7(6)10(8)13;/h1-5,10,13H,(H,14,15,16);1H2. The van der Waals surface area contributed by atoms with Crippen LogP contribution in [0.15, 0.2) is 30.3 Å². The van der Waals surface area contributed by atoms with Gasteiger partial charge in [-0.05, 0) is 0 Å². The number of aliphatic hydroxyl groups excluding tert-OH is 1. The predicted octanol–water partition coefficient (Wildman–Crippen LogP) is -0.192. The van der Waals surface area contributed by atoms with Crippen LogP contribution >= 0.6 is 0 Å². The van der Waals surface area contributed by atoms with Gasteiger partial charge in [-0.15, -0.1) is 0 Å². The van der Waals surface area contributed by atoms with Crippen LogP contribution in [0.2, 0.25) is 0 Å². The van der Waals surface area contributed by atoms with Gasteiger partial charge in [0.2, 0.25) is 0 Å². The average molecular weight is 270 g/mol. The zero-order chi connectivity index (χ0) is 12.6. The number of rotatable bonds is 1. The molecule has 0 fully saturated rings. The summed E-state index contributed by atoms with van der Waals surface area (Å²) in [4.78, 5) is 2.41. The van der Waals surface area contributed by atoms with Crippen LogP contribution in [0.1, 0.15) is 17.2 Å². The van der Waals surface area contributed by atoms with Gasteiger partial charge in [-0.3, -0.25) is 4.55 Å². The van der Waals surface area contributed by atoms with E-state index < -0.39 is 21.1 Å². The van der Waals surface area contributed by atoms with Gasteiger partial charge in [-0.2, -0.15) is 13.2 Å². The Morgan fingerprint density at radius 3 is 2.44 bits per heavy atom. The summed E-state index contributed by atoms with van der Waals surface area (Å²) in [5.74, 6) is 0.